The molecule has 0 unspecified atom stereocenters. The van der Waals surface area contributed by atoms with Crippen LogP contribution in [0.25, 0.3) is 22.1 Å². The lowest BCUT2D eigenvalue weighted by molar-refractivity contribution is 0.267. The van der Waals surface area contributed by atoms with E-state index in [1.54, 1.807) is 4.40 Å². The van der Waals surface area contributed by atoms with Crippen molar-refractivity contribution in [1.82, 2.24) is 9.38 Å². The van der Waals surface area contributed by atoms with Gasteiger partial charge in [0.2, 0.25) is 0 Å². The van der Waals surface area contributed by atoms with E-state index in [0.717, 1.165) is 25.7 Å². The summed E-state index contributed by atoms with van der Waals surface area (Å²) in [5.74, 6) is 1.38. The highest BCUT2D eigenvalue weighted by Gasteiger charge is 2.14. The van der Waals surface area contributed by atoms with Crippen LogP contribution in [0.3, 0.4) is 0 Å². The Labute approximate surface area is 208 Å². The molecule has 0 aliphatic rings. The number of aryl methyl sites for hydroxylation is 1. The van der Waals surface area contributed by atoms with Crippen LogP contribution in [0, 0.1) is 10.5 Å². The molecule has 33 heavy (non-hydrogen) atoms. The molecule has 3 aromatic carbocycles. The molecule has 0 N–H and O–H groups in total. The van der Waals surface area contributed by atoms with Gasteiger partial charge in [0.05, 0.1) is 25.7 Å². The normalized spacial score (nSPS) is 12.0. The molecule has 5 nitrogen and oxygen atoms in total. The van der Waals surface area contributed by atoms with Crippen LogP contribution in [0.15, 0.2) is 65.5 Å². The Morgan fingerprint density at radius 1 is 1.09 bits per heavy atom. The van der Waals surface area contributed by atoms with Gasteiger partial charge in [-0.1, -0.05) is 53.3 Å². The lowest BCUT2D eigenvalue weighted by Crippen LogP contribution is -2.22. The zero-order valence-corrected chi connectivity index (χ0v) is 21.1. The number of para-hydroxylation sites is 2. The molecule has 0 radical (unpaired) electrons. The van der Waals surface area contributed by atoms with E-state index < -0.39 is 0 Å². The van der Waals surface area contributed by atoms with E-state index in [2.05, 4.69) is 58.8 Å². The summed E-state index contributed by atoms with van der Waals surface area (Å²) in [6.07, 6.45) is 1.89. The summed E-state index contributed by atoms with van der Waals surface area (Å²) >= 11 is 3.65. The van der Waals surface area contributed by atoms with Crippen LogP contribution in [0.2, 0.25) is 0 Å². The predicted octanol–water partition coefficient (Wildman–Crippen LogP) is 5.35. The first-order valence-electron chi connectivity index (χ1n) is 10.6. The second-order valence-corrected chi connectivity index (χ2v) is 9.84. The Kier molecular flexibility index (Phi) is 6.07. The van der Waals surface area contributed by atoms with Gasteiger partial charge >= 0.3 is 0 Å². The number of thiazole rings is 1. The van der Waals surface area contributed by atoms with E-state index in [1.165, 1.54) is 16.9 Å². The smallest absolute Gasteiger partial charge is 0.274 e. The highest BCUT2D eigenvalue weighted by molar-refractivity contribution is 14.1. The van der Waals surface area contributed by atoms with Crippen molar-refractivity contribution in [3.05, 3.63) is 95.8 Å². The Morgan fingerprint density at radius 3 is 2.67 bits per heavy atom. The van der Waals surface area contributed by atoms with Crippen LogP contribution >= 0.6 is 33.9 Å². The molecule has 166 valence electrons. The molecule has 7 heteroatoms. The van der Waals surface area contributed by atoms with Crippen molar-refractivity contribution in [3.8, 4) is 11.5 Å². The van der Waals surface area contributed by atoms with Crippen molar-refractivity contribution < 1.29 is 9.47 Å². The molecule has 2 heterocycles. The number of imidazole rings is 1. The minimum Gasteiger partial charge on any atom is -0.490 e. The molecule has 0 spiro atoms. The number of aromatic nitrogens is 2. The van der Waals surface area contributed by atoms with Crippen LogP contribution in [0.5, 0.6) is 11.5 Å². The van der Waals surface area contributed by atoms with Gasteiger partial charge in [-0.15, -0.1) is 0 Å². The van der Waals surface area contributed by atoms with Gasteiger partial charge in [-0.2, -0.15) is 0 Å². The number of benzene rings is 3. The van der Waals surface area contributed by atoms with Crippen molar-refractivity contribution in [2.75, 3.05) is 6.61 Å². The van der Waals surface area contributed by atoms with Crippen LogP contribution < -0.4 is 19.6 Å². The van der Waals surface area contributed by atoms with E-state index >= 15 is 0 Å². The lowest BCUT2D eigenvalue weighted by atomic mass is 10.1. The van der Waals surface area contributed by atoms with Crippen LogP contribution in [0.4, 0.5) is 0 Å². The number of halogens is 1. The first kappa shape index (κ1) is 21.9. The summed E-state index contributed by atoms with van der Waals surface area (Å²) in [4.78, 5) is 18.4. The standard InChI is InChI=1S/C26H21IN2O3S/c1-3-31-22-13-18(12-19(27)24(22)32-15-17-10-8-16(2)9-11-17)14-23-25(30)29-21-7-5-4-6-20(21)28-26(29)33-23/h4-14H,3,15H2,1-2H3/b23-14-. The van der Waals surface area contributed by atoms with E-state index in [9.17, 15) is 4.79 Å². The van der Waals surface area contributed by atoms with Gasteiger partial charge in [0.15, 0.2) is 16.5 Å². The Morgan fingerprint density at radius 2 is 1.88 bits per heavy atom. The summed E-state index contributed by atoms with van der Waals surface area (Å²) < 4.78 is 15.3. The molecule has 5 rings (SSSR count). The average Bonchev–Trinajstić information content (AvgIpc) is 3.31. The molecular formula is C26H21IN2O3S. The highest BCUT2D eigenvalue weighted by Crippen LogP contribution is 2.35. The number of nitrogens with zero attached hydrogens (tertiary/aromatic N) is 2. The number of hydrogen-bond donors (Lipinski definition) is 0. The fraction of sp³-hybridized carbons (Fsp3) is 0.154. The van der Waals surface area contributed by atoms with Crippen molar-refractivity contribution in [2.45, 2.75) is 20.5 Å². The molecule has 0 aliphatic carbocycles. The summed E-state index contributed by atoms with van der Waals surface area (Å²) in [7, 11) is 0. The maximum absolute atomic E-state index is 13.1. The molecule has 5 aromatic rings. The van der Waals surface area contributed by atoms with Gasteiger partial charge < -0.3 is 9.47 Å². The second kappa shape index (κ2) is 9.15. The number of ether oxygens (including phenoxy) is 2. The van der Waals surface area contributed by atoms with Gasteiger partial charge in [-0.25, -0.2) is 9.38 Å². The minimum absolute atomic E-state index is 0.0589. The highest BCUT2D eigenvalue weighted by atomic mass is 127. The zero-order valence-electron chi connectivity index (χ0n) is 18.2. The third kappa shape index (κ3) is 4.35. The van der Waals surface area contributed by atoms with E-state index in [1.807, 2.05) is 49.4 Å². The summed E-state index contributed by atoms with van der Waals surface area (Å²) in [6.45, 7) is 4.99. The summed E-state index contributed by atoms with van der Waals surface area (Å²) in [5, 5.41) is 0. The monoisotopic (exact) mass is 568 g/mol. The van der Waals surface area contributed by atoms with Gasteiger partial charge in [0.1, 0.15) is 6.61 Å². The maximum Gasteiger partial charge on any atom is 0.274 e. The summed E-state index contributed by atoms with van der Waals surface area (Å²) in [5.41, 5.74) is 4.80. The Balaban J connectivity index is 1.52. The van der Waals surface area contributed by atoms with Crippen LogP contribution in [-0.4, -0.2) is 16.0 Å². The first-order valence-corrected chi connectivity index (χ1v) is 12.5. The maximum atomic E-state index is 13.1. The molecule has 0 saturated carbocycles. The van der Waals surface area contributed by atoms with Crippen LogP contribution in [-0.2, 0) is 6.61 Å². The van der Waals surface area contributed by atoms with Crippen molar-refractivity contribution in [3.63, 3.8) is 0 Å². The quantitative estimate of drug-likeness (QED) is 0.260. The molecule has 0 saturated heterocycles. The predicted molar refractivity (Wildman–Crippen MR) is 141 cm³/mol. The molecule has 0 amide bonds. The van der Waals surface area contributed by atoms with Gasteiger partial charge in [0, 0.05) is 0 Å². The third-order valence-corrected chi connectivity index (χ3v) is 7.05. The topological polar surface area (TPSA) is 52.8 Å². The fourth-order valence-electron chi connectivity index (χ4n) is 3.68. The van der Waals surface area contributed by atoms with E-state index in [-0.39, 0.29) is 5.56 Å². The second-order valence-electron chi connectivity index (χ2n) is 7.67. The zero-order chi connectivity index (χ0) is 22.9. The van der Waals surface area contributed by atoms with Crippen molar-refractivity contribution in [1.29, 1.82) is 0 Å². The Bertz CT molecular complexity index is 1570. The van der Waals surface area contributed by atoms with Crippen molar-refractivity contribution in [2.24, 2.45) is 0 Å². The van der Waals surface area contributed by atoms with Gasteiger partial charge in [-0.3, -0.25) is 4.79 Å². The molecule has 2 aromatic heterocycles. The number of rotatable bonds is 6. The Hall–Kier alpha value is -2.91. The summed E-state index contributed by atoms with van der Waals surface area (Å²) in [6, 6.07) is 19.9. The average molecular weight is 568 g/mol. The lowest BCUT2D eigenvalue weighted by Gasteiger charge is -2.15. The van der Waals surface area contributed by atoms with Gasteiger partial charge in [-0.05, 0) is 77.9 Å². The van der Waals surface area contributed by atoms with Crippen LogP contribution in [0.1, 0.15) is 23.6 Å². The van der Waals surface area contributed by atoms with E-state index in [4.69, 9.17) is 9.47 Å². The minimum atomic E-state index is -0.0589. The SMILES string of the molecule is CCOc1cc(/C=c2\sc3nc4ccccc4n3c2=O)cc(I)c1OCc1ccc(C)cc1. The van der Waals surface area contributed by atoms with Crippen molar-refractivity contribution >= 4 is 56.0 Å². The molecule has 0 bridgehead atoms. The third-order valence-electron chi connectivity index (χ3n) is 5.28. The number of fused-ring (bicyclic) bond motifs is 3. The van der Waals surface area contributed by atoms with E-state index in [0.29, 0.717) is 34.2 Å². The first-order chi connectivity index (χ1) is 16.0. The molecule has 0 atom stereocenters. The fourth-order valence-corrected chi connectivity index (χ4v) is 5.45. The molecular weight excluding hydrogens is 547 g/mol. The molecule has 0 fully saturated rings. The van der Waals surface area contributed by atoms with Gasteiger partial charge in [0.25, 0.3) is 5.56 Å². The molecule has 0 aliphatic heterocycles. The number of hydrogen-bond acceptors (Lipinski definition) is 5. The largest absolute Gasteiger partial charge is 0.490 e.